The van der Waals surface area contributed by atoms with Crippen molar-refractivity contribution >= 4 is 29.8 Å². The number of carbonyl (C=O) groups is 5. The van der Waals surface area contributed by atoms with Crippen LogP contribution in [-0.4, -0.2) is 55.4 Å². The number of hydrogen-bond acceptors (Lipinski definition) is 5. The van der Waals surface area contributed by atoms with Crippen LogP contribution in [0.1, 0.15) is 6.42 Å². The molecular formula is C11H12O10. The first-order chi connectivity index (χ1) is 9.59. The van der Waals surface area contributed by atoms with Crippen LogP contribution in [0.5, 0.6) is 0 Å². The lowest BCUT2D eigenvalue weighted by Gasteiger charge is -2.38. The van der Waals surface area contributed by atoms with Crippen molar-refractivity contribution in [1.82, 2.24) is 0 Å². The molecule has 0 radical (unpaired) electrons. The smallest absolute Gasteiger partial charge is 0.308 e. The molecule has 0 aromatic carbocycles. The number of hydrogen-bond donors (Lipinski definition) is 5. The molecule has 0 saturated heterocycles. The van der Waals surface area contributed by atoms with Crippen molar-refractivity contribution in [3.05, 3.63) is 0 Å². The Balaban J connectivity index is 3.45. The second-order valence-corrected chi connectivity index (χ2v) is 4.72. The fraction of sp³-hybridized carbons (Fsp3) is 0.545. The Morgan fingerprint density at radius 3 is 1.00 bits per heavy atom. The summed E-state index contributed by atoms with van der Waals surface area (Å²) in [5.74, 6) is -18.5. The molecule has 21 heavy (non-hydrogen) atoms. The van der Waals surface area contributed by atoms with Gasteiger partial charge in [0, 0.05) is 0 Å². The molecule has 1 fully saturated rings. The summed E-state index contributed by atoms with van der Waals surface area (Å²) in [6.45, 7) is 0. The summed E-state index contributed by atoms with van der Waals surface area (Å²) in [6, 6.07) is 0. The molecule has 1 aliphatic rings. The summed E-state index contributed by atoms with van der Waals surface area (Å²) in [5.41, 5.74) is 0. The molecule has 0 bridgehead atoms. The van der Waals surface area contributed by atoms with Gasteiger partial charge in [-0.05, 0) is 6.42 Å². The molecule has 0 amide bonds. The fourth-order valence-electron chi connectivity index (χ4n) is 2.76. The summed E-state index contributed by atoms with van der Waals surface area (Å²) in [5, 5.41) is 45.1. The molecular weight excluding hydrogens is 292 g/mol. The average Bonchev–Trinajstić information content (AvgIpc) is 2.34. The minimum atomic E-state index is -2.14. The zero-order valence-corrected chi connectivity index (χ0v) is 10.4. The van der Waals surface area contributed by atoms with Gasteiger partial charge in [0.2, 0.25) is 0 Å². The van der Waals surface area contributed by atoms with E-state index in [1.54, 1.807) is 0 Å². The van der Waals surface area contributed by atoms with Gasteiger partial charge in [-0.15, -0.1) is 0 Å². The molecule has 4 unspecified atom stereocenters. The predicted molar refractivity (Wildman–Crippen MR) is 60.2 cm³/mol. The molecule has 1 aliphatic carbocycles. The number of carboxylic acids is 5. The monoisotopic (exact) mass is 304 g/mol. The lowest BCUT2D eigenvalue weighted by Crippen LogP contribution is -2.53. The van der Waals surface area contributed by atoms with Crippen LogP contribution in [0.3, 0.4) is 0 Å². The molecule has 0 aliphatic heterocycles. The average molecular weight is 304 g/mol. The van der Waals surface area contributed by atoms with Crippen molar-refractivity contribution < 1.29 is 49.5 Å². The topological polar surface area (TPSA) is 186 Å². The third-order valence-electron chi connectivity index (χ3n) is 3.64. The molecule has 10 nitrogen and oxygen atoms in total. The van der Waals surface area contributed by atoms with E-state index in [-0.39, 0.29) is 0 Å². The Bertz CT molecular complexity index is 471. The highest BCUT2D eigenvalue weighted by Crippen LogP contribution is 2.43. The number of carboxylic acid groups (broad SMARTS) is 5. The Hall–Kier alpha value is -2.65. The minimum absolute atomic E-state index is 0.762. The quantitative estimate of drug-likeness (QED) is 0.417. The van der Waals surface area contributed by atoms with Gasteiger partial charge >= 0.3 is 29.8 Å². The van der Waals surface area contributed by atoms with Crippen LogP contribution in [0.4, 0.5) is 0 Å². The van der Waals surface area contributed by atoms with Gasteiger partial charge in [0.15, 0.2) is 0 Å². The van der Waals surface area contributed by atoms with Gasteiger partial charge in [0.05, 0.1) is 29.6 Å². The highest BCUT2D eigenvalue weighted by molar-refractivity contribution is 5.92. The van der Waals surface area contributed by atoms with Crippen LogP contribution in [0.15, 0.2) is 0 Å². The van der Waals surface area contributed by atoms with Crippen LogP contribution in [-0.2, 0) is 24.0 Å². The van der Waals surface area contributed by atoms with E-state index >= 15 is 0 Å². The maximum absolute atomic E-state index is 11.2. The first-order valence-electron chi connectivity index (χ1n) is 5.73. The summed E-state index contributed by atoms with van der Waals surface area (Å²) in [4.78, 5) is 55.7. The second kappa shape index (κ2) is 5.77. The minimum Gasteiger partial charge on any atom is -0.481 e. The SMILES string of the molecule is O=C(O)C1CC(C(=O)O)C(C(=O)O)C(C(=O)O)C1C(=O)O. The highest BCUT2D eigenvalue weighted by atomic mass is 16.4. The van der Waals surface area contributed by atoms with Crippen molar-refractivity contribution in [2.45, 2.75) is 6.42 Å². The Morgan fingerprint density at radius 1 is 0.524 bits per heavy atom. The number of aliphatic carboxylic acids is 5. The van der Waals surface area contributed by atoms with Crippen LogP contribution in [0.25, 0.3) is 0 Å². The normalized spacial score (nSPS) is 32.1. The molecule has 4 atom stereocenters. The van der Waals surface area contributed by atoms with Crippen molar-refractivity contribution in [1.29, 1.82) is 0 Å². The standard InChI is InChI=1S/C11H12O10/c12-7(13)2-1-3(8(14)15)5(10(18)19)6(11(20)21)4(2)9(16)17/h2-6H,1H2,(H,12,13)(H,14,15)(H,16,17)(H,18,19)(H,20,21). The van der Waals surface area contributed by atoms with Crippen LogP contribution < -0.4 is 0 Å². The summed E-state index contributed by atoms with van der Waals surface area (Å²) in [7, 11) is 0. The van der Waals surface area contributed by atoms with E-state index in [1.165, 1.54) is 0 Å². The molecule has 0 spiro atoms. The van der Waals surface area contributed by atoms with Gasteiger partial charge < -0.3 is 25.5 Å². The third kappa shape index (κ3) is 2.93. The van der Waals surface area contributed by atoms with E-state index in [2.05, 4.69) is 0 Å². The van der Waals surface area contributed by atoms with Gasteiger partial charge in [0.1, 0.15) is 0 Å². The molecule has 0 aromatic heterocycles. The van der Waals surface area contributed by atoms with Crippen LogP contribution in [0.2, 0.25) is 0 Å². The van der Waals surface area contributed by atoms with E-state index in [9.17, 15) is 24.0 Å². The van der Waals surface area contributed by atoms with E-state index in [4.69, 9.17) is 25.5 Å². The summed E-state index contributed by atoms with van der Waals surface area (Å²) < 4.78 is 0. The van der Waals surface area contributed by atoms with E-state index in [1.807, 2.05) is 0 Å². The molecule has 5 N–H and O–H groups in total. The Morgan fingerprint density at radius 2 is 0.810 bits per heavy atom. The molecule has 1 saturated carbocycles. The summed E-state index contributed by atoms with van der Waals surface area (Å²) >= 11 is 0. The van der Waals surface area contributed by atoms with Crippen molar-refractivity contribution in [2.24, 2.45) is 29.6 Å². The van der Waals surface area contributed by atoms with Gasteiger partial charge in [-0.25, -0.2) is 0 Å². The van der Waals surface area contributed by atoms with E-state index < -0.39 is 65.9 Å². The van der Waals surface area contributed by atoms with Gasteiger partial charge in [0.25, 0.3) is 0 Å². The Kier molecular flexibility index (Phi) is 4.51. The number of rotatable bonds is 5. The molecule has 116 valence electrons. The highest BCUT2D eigenvalue weighted by Gasteiger charge is 2.58. The third-order valence-corrected chi connectivity index (χ3v) is 3.64. The van der Waals surface area contributed by atoms with Gasteiger partial charge in [-0.3, -0.25) is 24.0 Å². The van der Waals surface area contributed by atoms with E-state index in [0.29, 0.717) is 0 Å². The van der Waals surface area contributed by atoms with Crippen LogP contribution in [0, 0.1) is 29.6 Å². The largest absolute Gasteiger partial charge is 0.481 e. The lowest BCUT2D eigenvalue weighted by molar-refractivity contribution is -0.180. The maximum Gasteiger partial charge on any atom is 0.308 e. The molecule has 0 heterocycles. The Labute approximate surface area is 116 Å². The second-order valence-electron chi connectivity index (χ2n) is 4.72. The molecule has 10 heteroatoms. The fourth-order valence-corrected chi connectivity index (χ4v) is 2.76. The van der Waals surface area contributed by atoms with Gasteiger partial charge in [-0.1, -0.05) is 0 Å². The molecule has 1 rings (SSSR count). The van der Waals surface area contributed by atoms with Crippen molar-refractivity contribution in [3.63, 3.8) is 0 Å². The first kappa shape index (κ1) is 16.4. The van der Waals surface area contributed by atoms with Crippen LogP contribution >= 0.6 is 0 Å². The zero-order chi connectivity index (χ0) is 16.5. The van der Waals surface area contributed by atoms with Gasteiger partial charge in [-0.2, -0.15) is 0 Å². The first-order valence-corrected chi connectivity index (χ1v) is 5.73. The van der Waals surface area contributed by atoms with E-state index in [0.717, 1.165) is 0 Å². The van der Waals surface area contributed by atoms with Crippen molar-refractivity contribution in [3.8, 4) is 0 Å². The summed E-state index contributed by atoms with van der Waals surface area (Å²) in [6.07, 6.45) is -0.762. The lowest BCUT2D eigenvalue weighted by atomic mass is 9.61. The maximum atomic E-state index is 11.2. The van der Waals surface area contributed by atoms with Crippen molar-refractivity contribution in [2.75, 3.05) is 0 Å². The predicted octanol–water partition coefficient (Wildman–Crippen LogP) is -1.11. The zero-order valence-electron chi connectivity index (χ0n) is 10.4. The molecule has 0 aromatic rings.